The van der Waals surface area contributed by atoms with Crippen LogP contribution in [-0.2, 0) is 0 Å². The van der Waals surface area contributed by atoms with Gasteiger partial charge in [0.25, 0.3) is 0 Å². The molecule has 0 atom stereocenters. The van der Waals surface area contributed by atoms with Gasteiger partial charge in [0, 0.05) is 30.1 Å². The van der Waals surface area contributed by atoms with Crippen molar-refractivity contribution in [1.29, 1.82) is 0 Å². The lowest BCUT2D eigenvalue weighted by Gasteiger charge is -2.40. The van der Waals surface area contributed by atoms with E-state index in [-0.39, 0.29) is 11.3 Å². The maximum Gasteiger partial charge on any atom is 0.159 e. The monoisotopic (exact) mass is 332 g/mol. The van der Waals surface area contributed by atoms with Crippen LogP contribution in [0.3, 0.4) is 0 Å². The molecule has 1 heterocycles. The van der Waals surface area contributed by atoms with E-state index < -0.39 is 0 Å². The van der Waals surface area contributed by atoms with Crippen LogP contribution in [-0.4, -0.2) is 24.6 Å². The van der Waals surface area contributed by atoms with Gasteiger partial charge >= 0.3 is 0 Å². The highest BCUT2D eigenvalue weighted by Gasteiger charge is 2.28. The van der Waals surface area contributed by atoms with Crippen molar-refractivity contribution >= 4 is 28.9 Å². The zero-order valence-corrected chi connectivity index (χ0v) is 15.5. The summed E-state index contributed by atoms with van der Waals surface area (Å²) in [6.07, 6.45) is 4.17. The van der Waals surface area contributed by atoms with Gasteiger partial charge < -0.3 is 4.90 Å². The van der Waals surface area contributed by atoms with Crippen LogP contribution in [0, 0.1) is 0 Å². The van der Waals surface area contributed by atoms with Crippen molar-refractivity contribution in [3.63, 3.8) is 0 Å². The number of nitrogens with zero attached hydrogens (tertiary/aromatic N) is 2. The first kappa shape index (κ1) is 17.2. The zero-order valence-electron chi connectivity index (χ0n) is 15.5. The Balaban J connectivity index is 1.88. The highest BCUT2D eigenvalue weighted by Crippen LogP contribution is 2.37. The number of Topliss-reactive ketones (excluding diaryl/α,β-unsaturated/α-hetero) is 1. The first-order chi connectivity index (χ1) is 11.8. The summed E-state index contributed by atoms with van der Waals surface area (Å²) in [5.41, 5.74) is 6.41. The minimum atomic E-state index is 0.0190. The van der Waals surface area contributed by atoms with Gasteiger partial charge in [-0.25, -0.2) is 0 Å². The standard InChI is InChI=1S/C22H24N2O/c1-15-13-22(3,4)24(5)21-11-6-17(12-20(15)21)14-23-19-9-7-18(8-10-19)16(2)25/h6-14H,1-5H3. The number of fused-ring (bicyclic) bond motifs is 1. The van der Waals surface area contributed by atoms with Gasteiger partial charge in [0.1, 0.15) is 0 Å². The molecule has 0 aliphatic carbocycles. The van der Waals surface area contributed by atoms with Crippen LogP contribution in [0.1, 0.15) is 49.2 Å². The molecule has 1 aliphatic rings. The summed E-state index contributed by atoms with van der Waals surface area (Å²) >= 11 is 0. The third kappa shape index (κ3) is 3.41. The van der Waals surface area contributed by atoms with Gasteiger partial charge in [-0.2, -0.15) is 0 Å². The number of rotatable bonds is 3. The molecule has 0 fully saturated rings. The molecule has 0 saturated heterocycles. The average Bonchev–Trinajstić information content (AvgIpc) is 2.58. The number of carbonyl (C=O) groups excluding carboxylic acids is 1. The Labute approximate surface area is 149 Å². The SMILES string of the molecule is CC(=O)c1ccc(N=Cc2ccc3c(c2)C(C)=CC(C)(C)N3C)cc1. The van der Waals surface area contributed by atoms with Crippen LogP contribution in [0.15, 0.2) is 53.5 Å². The fourth-order valence-electron chi connectivity index (χ4n) is 3.19. The molecule has 1 aliphatic heterocycles. The lowest BCUT2D eigenvalue weighted by molar-refractivity contribution is 0.101. The molecular formula is C22H24N2O. The quantitative estimate of drug-likeness (QED) is 0.566. The molecule has 3 nitrogen and oxygen atoms in total. The third-order valence-electron chi connectivity index (χ3n) is 4.88. The molecule has 0 bridgehead atoms. The summed E-state index contributed by atoms with van der Waals surface area (Å²) in [5, 5.41) is 0. The van der Waals surface area contributed by atoms with Gasteiger partial charge in [-0.3, -0.25) is 9.79 Å². The van der Waals surface area contributed by atoms with Gasteiger partial charge in [-0.1, -0.05) is 12.1 Å². The molecule has 2 aromatic carbocycles. The van der Waals surface area contributed by atoms with Crippen LogP contribution in [0.2, 0.25) is 0 Å². The number of benzene rings is 2. The molecule has 0 unspecified atom stereocenters. The number of likely N-dealkylation sites (N-methyl/N-ethyl adjacent to an activating group) is 1. The normalized spacial score (nSPS) is 15.9. The van der Waals surface area contributed by atoms with Crippen molar-refractivity contribution in [3.8, 4) is 0 Å². The Bertz CT molecular complexity index is 873. The number of hydrogen-bond donors (Lipinski definition) is 0. The molecule has 128 valence electrons. The van der Waals surface area contributed by atoms with Gasteiger partial charge in [0.15, 0.2) is 5.78 Å². The van der Waals surface area contributed by atoms with Crippen LogP contribution in [0.5, 0.6) is 0 Å². The van der Waals surface area contributed by atoms with E-state index in [9.17, 15) is 4.79 Å². The van der Waals surface area contributed by atoms with Gasteiger partial charge in [-0.15, -0.1) is 0 Å². The fraction of sp³-hybridized carbons (Fsp3) is 0.273. The van der Waals surface area contributed by atoms with E-state index in [4.69, 9.17) is 0 Å². The largest absolute Gasteiger partial charge is 0.366 e. The number of carbonyl (C=O) groups is 1. The second kappa shape index (κ2) is 6.32. The minimum Gasteiger partial charge on any atom is -0.366 e. The Morgan fingerprint density at radius 2 is 1.80 bits per heavy atom. The van der Waals surface area contributed by atoms with E-state index >= 15 is 0 Å². The molecule has 3 rings (SSSR count). The summed E-state index contributed by atoms with van der Waals surface area (Å²) < 4.78 is 0. The maximum absolute atomic E-state index is 11.3. The topological polar surface area (TPSA) is 32.7 Å². The van der Waals surface area contributed by atoms with Gasteiger partial charge in [0.2, 0.25) is 0 Å². The molecule has 0 amide bonds. The van der Waals surface area contributed by atoms with E-state index in [0.29, 0.717) is 5.56 Å². The highest BCUT2D eigenvalue weighted by atomic mass is 16.1. The number of ketones is 1. The fourth-order valence-corrected chi connectivity index (χ4v) is 3.19. The number of aliphatic imine (C=N–C) groups is 1. The maximum atomic E-state index is 11.3. The second-order valence-corrected chi connectivity index (χ2v) is 7.18. The van der Waals surface area contributed by atoms with Crippen LogP contribution >= 0.6 is 0 Å². The lowest BCUT2D eigenvalue weighted by atomic mass is 9.89. The first-order valence-corrected chi connectivity index (χ1v) is 8.51. The summed E-state index contributed by atoms with van der Waals surface area (Å²) in [5.74, 6) is 0.0690. The number of allylic oxidation sites excluding steroid dienone is 1. The lowest BCUT2D eigenvalue weighted by Crippen LogP contribution is -2.42. The molecule has 0 N–H and O–H groups in total. The van der Waals surface area contributed by atoms with Crippen molar-refractivity contribution in [1.82, 2.24) is 0 Å². The average molecular weight is 332 g/mol. The summed E-state index contributed by atoms with van der Waals surface area (Å²) in [7, 11) is 2.13. The van der Waals surface area contributed by atoms with E-state index in [1.807, 2.05) is 30.5 Å². The van der Waals surface area contributed by atoms with Crippen molar-refractivity contribution in [2.24, 2.45) is 4.99 Å². The third-order valence-corrected chi connectivity index (χ3v) is 4.88. The van der Waals surface area contributed by atoms with Crippen molar-refractivity contribution in [3.05, 3.63) is 65.2 Å². The minimum absolute atomic E-state index is 0.0190. The van der Waals surface area contributed by atoms with Crippen LogP contribution in [0.25, 0.3) is 5.57 Å². The molecule has 2 aromatic rings. The predicted octanol–water partition coefficient (Wildman–Crippen LogP) is 5.27. The molecule has 0 spiro atoms. The van der Waals surface area contributed by atoms with Crippen LogP contribution < -0.4 is 4.90 Å². The smallest absolute Gasteiger partial charge is 0.159 e. The summed E-state index contributed by atoms with van der Waals surface area (Å²) in [6, 6.07) is 13.8. The Kier molecular flexibility index (Phi) is 4.34. The Hall–Kier alpha value is -2.68. The second-order valence-electron chi connectivity index (χ2n) is 7.18. The summed E-state index contributed by atoms with van der Waals surface area (Å²) in [6.45, 7) is 8.17. The van der Waals surface area contributed by atoms with E-state index in [0.717, 1.165) is 11.3 Å². The van der Waals surface area contributed by atoms with Crippen LogP contribution in [0.4, 0.5) is 11.4 Å². The van der Waals surface area contributed by atoms with Crippen molar-refractivity contribution in [2.75, 3.05) is 11.9 Å². The molecule has 25 heavy (non-hydrogen) atoms. The van der Waals surface area contributed by atoms with E-state index in [1.165, 1.54) is 16.8 Å². The number of anilines is 1. The summed E-state index contributed by atoms with van der Waals surface area (Å²) in [4.78, 5) is 18.2. The molecule has 0 saturated carbocycles. The van der Waals surface area contributed by atoms with Crippen molar-refractivity contribution in [2.45, 2.75) is 33.2 Å². The highest BCUT2D eigenvalue weighted by molar-refractivity contribution is 5.94. The van der Waals surface area contributed by atoms with Gasteiger partial charge in [0.05, 0.1) is 11.2 Å². The molecule has 0 radical (unpaired) electrons. The molecule has 3 heteroatoms. The van der Waals surface area contributed by atoms with E-state index in [2.05, 4.69) is 62.0 Å². The number of hydrogen-bond acceptors (Lipinski definition) is 3. The Morgan fingerprint density at radius 1 is 1.12 bits per heavy atom. The van der Waals surface area contributed by atoms with Crippen molar-refractivity contribution < 1.29 is 4.79 Å². The first-order valence-electron chi connectivity index (χ1n) is 8.51. The molecular weight excluding hydrogens is 308 g/mol. The van der Waals surface area contributed by atoms with Gasteiger partial charge in [-0.05, 0) is 75.2 Å². The zero-order chi connectivity index (χ0) is 18.2. The van der Waals surface area contributed by atoms with E-state index in [1.54, 1.807) is 6.92 Å². The Morgan fingerprint density at radius 3 is 2.44 bits per heavy atom. The molecule has 0 aromatic heterocycles. The predicted molar refractivity (Wildman–Crippen MR) is 106 cm³/mol.